The molecule has 1 aromatic heterocycles. The molecule has 5 heteroatoms. The lowest BCUT2D eigenvalue weighted by Gasteiger charge is -2.07. The Kier molecular flexibility index (Phi) is 2.71. The van der Waals surface area contributed by atoms with E-state index in [1.165, 1.54) is 6.33 Å². The van der Waals surface area contributed by atoms with Crippen LogP contribution in [0.15, 0.2) is 18.7 Å². The van der Waals surface area contributed by atoms with E-state index in [9.17, 15) is 9.90 Å². The van der Waals surface area contributed by atoms with Crippen LogP contribution in [0.25, 0.3) is 0 Å². The Labute approximate surface area is 69.3 Å². The number of nitrogens with zero attached hydrogens (tertiary/aromatic N) is 2. The molecule has 0 aromatic carbocycles. The van der Waals surface area contributed by atoms with E-state index in [4.69, 9.17) is 0 Å². The number of carboxylic acids is 1. The third kappa shape index (κ3) is 2.28. The summed E-state index contributed by atoms with van der Waals surface area (Å²) in [5.41, 5.74) is 4.36. The first kappa shape index (κ1) is 8.61. The normalized spacial score (nSPS) is 12.4. The first-order valence-corrected chi connectivity index (χ1v) is 3.48. The second-order valence-corrected chi connectivity index (χ2v) is 2.44. The van der Waals surface area contributed by atoms with Gasteiger partial charge in [-0.2, -0.15) is 0 Å². The van der Waals surface area contributed by atoms with Crippen molar-refractivity contribution in [2.75, 3.05) is 0 Å². The molecule has 1 atom stereocenters. The van der Waals surface area contributed by atoms with E-state index in [1.54, 1.807) is 12.4 Å². The molecule has 1 aromatic rings. The molecular formula is C7H9N3O2. The van der Waals surface area contributed by atoms with Gasteiger partial charge in [-0.3, -0.25) is 0 Å². The van der Waals surface area contributed by atoms with Crippen LogP contribution in [0.2, 0.25) is 0 Å². The Balaban J connectivity index is 2.65. The number of rotatable bonds is 3. The molecule has 0 amide bonds. The summed E-state index contributed by atoms with van der Waals surface area (Å²) in [5, 5.41) is 10.2. The lowest BCUT2D eigenvalue weighted by molar-refractivity contribution is -0.430. The minimum Gasteiger partial charge on any atom is -0.550 e. The van der Waals surface area contributed by atoms with E-state index in [0.717, 1.165) is 0 Å². The third-order valence-electron chi connectivity index (χ3n) is 1.47. The van der Waals surface area contributed by atoms with Gasteiger partial charge in [0, 0.05) is 30.3 Å². The summed E-state index contributed by atoms with van der Waals surface area (Å²) < 4.78 is 0. The number of aromatic nitrogens is 2. The highest BCUT2D eigenvalue weighted by atomic mass is 16.4. The van der Waals surface area contributed by atoms with Gasteiger partial charge in [-0.25, -0.2) is 9.97 Å². The van der Waals surface area contributed by atoms with Crippen molar-refractivity contribution in [2.45, 2.75) is 12.5 Å². The number of carboxylic acid groups (broad SMARTS) is 1. The molecule has 0 aliphatic carbocycles. The fraction of sp³-hybridized carbons (Fsp3) is 0.286. The zero-order valence-corrected chi connectivity index (χ0v) is 6.43. The summed E-state index contributed by atoms with van der Waals surface area (Å²) >= 11 is 0. The Bertz CT molecular complexity index is 263. The molecule has 0 aliphatic heterocycles. The van der Waals surface area contributed by atoms with Gasteiger partial charge >= 0.3 is 0 Å². The number of hydrogen-bond acceptors (Lipinski definition) is 4. The van der Waals surface area contributed by atoms with Crippen molar-refractivity contribution in [3.63, 3.8) is 0 Å². The van der Waals surface area contributed by atoms with Crippen molar-refractivity contribution in [1.29, 1.82) is 0 Å². The van der Waals surface area contributed by atoms with Crippen LogP contribution in [0.1, 0.15) is 18.0 Å². The van der Waals surface area contributed by atoms with E-state index < -0.39 is 5.97 Å². The molecule has 3 N–H and O–H groups in total. The Morgan fingerprint density at radius 1 is 1.58 bits per heavy atom. The van der Waals surface area contributed by atoms with Crippen LogP contribution in [0.4, 0.5) is 0 Å². The average Bonchev–Trinajstić information content (AvgIpc) is 2.05. The molecule has 0 aliphatic rings. The second kappa shape index (κ2) is 3.77. The van der Waals surface area contributed by atoms with Crippen molar-refractivity contribution >= 4 is 5.97 Å². The van der Waals surface area contributed by atoms with Gasteiger partial charge < -0.3 is 15.6 Å². The minimum absolute atomic E-state index is 0.104. The quantitative estimate of drug-likeness (QED) is 0.558. The molecule has 0 saturated carbocycles. The Hall–Kier alpha value is -1.49. The van der Waals surface area contributed by atoms with Crippen LogP contribution < -0.4 is 10.8 Å². The maximum Gasteiger partial charge on any atom is 0.118 e. The smallest absolute Gasteiger partial charge is 0.118 e. The maximum atomic E-state index is 10.2. The number of carbonyl (C=O) groups is 1. The molecule has 64 valence electrons. The molecule has 0 radical (unpaired) electrons. The van der Waals surface area contributed by atoms with Crippen LogP contribution in [-0.4, -0.2) is 15.9 Å². The van der Waals surface area contributed by atoms with Crippen molar-refractivity contribution in [3.05, 3.63) is 24.3 Å². The van der Waals surface area contributed by atoms with E-state index in [0.29, 0.717) is 5.56 Å². The lowest BCUT2D eigenvalue weighted by Crippen LogP contribution is -2.55. The Morgan fingerprint density at radius 3 is 2.67 bits per heavy atom. The van der Waals surface area contributed by atoms with Gasteiger partial charge in [0.2, 0.25) is 0 Å². The van der Waals surface area contributed by atoms with E-state index in [1.807, 2.05) is 0 Å². The topological polar surface area (TPSA) is 93.5 Å². The molecule has 12 heavy (non-hydrogen) atoms. The molecule has 0 bridgehead atoms. The molecule has 0 spiro atoms. The van der Waals surface area contributed by atoms with Crippen molar-refractivity contribution in [3.8, 4) is 0 Å². The van der Waals surface area contributed by atoms with Gasteiger partial charge in [-0.1, -0.05) is 0 Å². The van der Waals surface area contributed by atoms with E-state index >= 15 is 0 Å². The molecule has 5 nitrogen and oxygen atoms in total. The van der Waals surface area contributed by atoms with Gasteiger partial charge in [0.15, 0.2) is 0 Å². The van der Waals surface area contributed by atoms with Gasteiger partial charge in [0.1, 0.15) is 12.4 Å². The molecule has 1 heterocycles. The standard InChI is InChI=1S/C7H9N3O2/c8-6(1-7(11)12)5-2-9-4-10-3-5/h2-4,6H,1,8H2,(H,11,12)/t6-/m0/s1. The summed E-state index contributed by atoms with van der Waals surface area (Å²) in [6, 6.07) is -0.337. The third-order valence-corrected chi connectivity index (χ3v) is 1.47. The van der Waals surface area contributed by atoms with E-state index in [2.05, 4.69) is 15.7 Å². The first-order chi connectivity index (χ1) is 5.70. The molecule has 0 unspecified atom stereocenters. The zero-order valence-electron chi connectivity index (χ0n) is 6.43. The maximum absolute atomic E-state index is 10.2. The lowest BCUT2D eigenvalue weighted by atomic mass is 10.1. The summed E-state index contributed by atoms with van der Waals surface area (Å²) in [6.45, 7) is 0. The van der Waals surface area contributed by atoms with Gasteiger partial charge in [-0.15, -0.1) is 0 Å². The van der Waals surface area contributed by atoms with Crippen LogP contribution in [0.3, 0.4) is 0 Å². The fourth-order valence-corrected chi connectivity index (χ4v) is 0.840. The monoisotopic (exact) mass is 167 g/mol. The van der Waals surface area contributed by atoms with Gasteiger partial charge in [0.05, 0.1) is 0 Å². The predicted octanol–water partition coefficient (Wildman–Crippen LogP) is -2.10. The largest absolute Gasteiger partial charge is 0.550 e. The number of aliphatic carboxylic acids is 1. The Morgan fingerprint density at radius 2 is 2.17 bits per heavy atom. The van der Waals surface area contributed by atoms with Crippen LogP contribution in [0, 0.1) is 0 Å². The first-order valence-electron chi connectivity index (χ1n) is 3.48. The minimum atomic E-state index is -1.11. The molecule has 0 saturated heterocycles. The van der Waals surface area contributed by atoms with Crippen LogP contribution in [-0.2, 0) is 4.79 Å². The zero-order chi connectivity index (χ0) is 8.97. The summed E-state index contributed by atoms with van der Waals surface area (Å²) in [5.74, 6) is -1.11. The van der Waals surface area contributed by atoms with Crippen LogP contribution >= 0.6 is 0 Å². The second-order valence-electron chi connectivity index (χ2n) is 2.44. The average molecular weight is 167 g/mol. The highest BCUT2D eigenvalue weighted by Gasteiger charge is 2.09. The summed E-state index contributed by atoms with van der Waals surface area (Å²) in [6.07, 6.45) is 4.38. The fourth-order valence-electron chi connectivity index (χ4n) is 0.840. The number of quaternary nitrogens is 1. The number of hydrogen-bond donors (Lipinski definition) is 1. The van der Waals surface area contributed by atoms with Crippen molar-refractivity contribution in [1.82, 2.24) is 9.97 Å². The number of carbonyl (C=O) groups excluding carboxylic acids is 1. The van der Waals surface area contributed by atoms with E-state index in [-0.39, 0.29) is 12.5 Å². The van der Waals surface area contributed by atoms with Crippen molar-refractivity contribution in [2.24, 2.45) is 0 Å². The highest BCUT2D eigenvalue weighted by Crippen LogP contribution is 2.07. The molecule has 1 rings (SSSR count). The molecular weight excluding hydrogens is 158 g/mol. The predicted molar refractivity (Wildman–Crippen MR) is 37.3 cm³/mol. The summed E-state index contributed by atoms with van der Waals surface area (Å²) in [7, 11) is 0. The molecule has 0 fully saturated rings. The SMILES string of the molecule is [NH3+][C@@H](CC(=O)[O-])c1cncnc1. The highest BCUT2D eigenvalue weighted by molar-refractivity contribution is 5.65. The van der Waals surface area contributed by atoms with Crippen molar-refractivity contribution < 1.29 is 15.6 Å². The van der Waals surface area contributed by atoms with Gasteiger partial charge in [0.25, 0.3) is 0 Å². The van der Waals surface area contributed by atoms with Gasteiger partial charge in [-0.05, 0) is 0 Å². The van der Waals surface area contributed by atoms with Crippen LogP contribution in [0.5, 0.6) is 0 Å². The summed E-state index contributed by atoms with van der Waals surface area (Å²) in [4.78, 5) is 17.7.